The van der Waals surface area contributed by atoms with Crippen molar-refractivity contribution in [3.63, 3.8) is 0 Å². The molecule has 1 aliphatic heterocycles. The van der Waals surface area contributed by atoms with Gasteiger partial charge < -0.3 is 5.32 Å². The van der Waals surface area contributed by atoms with Crippen LogP contribution >= 0.6 is 0 Å². The first-order chi connectivity index (χ1) is 10.0. The molecule has 5 heteroatoms. The van der Waals surface area contributed by atoms with E-state index >= 15 is 0 Å². The standard InChI is InChI=1S/C16H31N5/c1-6-15(5)11-18-16(7-2,8-3)12-20(15)10-14-17-13-19-21(14)9-4/h13,18H,6-12H2,1-5H3. The largest absolute Gasteiger partial charge is 0.308 e. The maximum atomic E-state index is 4.47. The number of hydrogen-bond acceptors (Lipinski definition) is 4. The fourth-order valence-corrected chi connectivity index (χ4v) is 3.27. The van der Waals surface area contributed by atoms with Crippen LogP contribution in [0.25, 0.3) is 0 Å². The van der Waals surface area contributed by atoms with Gasteiger partial charge in [0.2, 0.25) is 0 Å². The number of aryl methyl sites for hydroxylation is 1. The SMILES string of the molecule is CCn1ncnc1CN1CC(CC)(CC)NCC1(C)CC. The van der Waals surface area contributed by atoms with Crippen molar-refractivity contribution in [3.05, 3.63) is 12.2 Å². The molecule has 21 heavy (non-hydrogen) atoms. The maximum Gasteiger partial charge on any atom is 0.141 e. The summed E-state index contributed by atoms with van der Waals surface area (Å²) in [6.45, 7) is 15.3. The van der Waals surface area contributed by atoms with E-state index in [0.29, 0.717) is 0 Å². The minimum atomic E-state index is 0.193. The predicted octanol–water partition coefficient (Wildman–Crippen LogP) is 2.43. The Bertz CT molecular complexity index is 451. The van der Waals surface area contributed by atoms with E-state index in [4.69, 9.17) is 0 Å². The Morgan fingerprint density at radius 3 is 2.48 bits per heavy atom. The lowest BCUT2D eigenvalue weighted by Gasteiger charge is -2.53. The van der Waals surface area contributed by atoms with Gasteiger partial charge in [0.25, 0.3) is 0 Å². The molecule has 1 unspecified atom stereocenters. The second-order valence-corrected chi connectivity index (χ2v) is 6.54. The Kier molecular flexibility index (Phi) is 5.04. The van der Waals surface area contributed by atoms with E-state index in [-0.39, 0.29) is 11.1 Å². The fourth-order valence-electron chi connectivity index (χ4n) is 3.27. The number of nitrogens with one attached hydrogen (secondary N) is 1. The van der Waals surface area contributed by atoms with Crippen molar-refractivity contribution in [1.29, 1.82) is 0 Å². The highest BCUT2D eigenvalue weighted by Gasteiger charge is 2.42. The Morgan fingerprint density at radius 2 is 1.90 bits per heavy atom. The molecule has 1 saturated heterocycles. The number of hydrogen-bond donors (Lipinski definition) is 1. The molecule has 0 bridgehead atoms. The number of rotatable bonds is 6. The van der Waals surface area contributed by atoms with E-state index in [0.717, 1.165) is 38.4 Å². The fraction of sp³-hybridized carbons (Fsp3) is 0.875. The number of nitrogens with zero attached hydrogens (tertiary/aromatic N) is 4. The molecule has 2 heterocycles. The van der Waals surface area contributed by atoms with E-state index in [1.165, 1.54) is 12.8 Å². The van der Waals surface area contributed by atoms with Crippen molar-refractivity contribution in [3.8, 4) is 0 Å². The summed E-state index contributed by atoms with van der Waals surface area (Å²) in [4.78, 5) is 7.09. The molecule has 1 fully saturated rings. The predicted molar refractivity (Wildman–Crippen MR) is 86.1 cm³/mol. The van der Waals surface area contributed by atoms with E-state index in [1.807, 2.05) is 4.68 Å². The summed E-state index contributed by atoms with van der Waals surface area (Å²) in [5, 5.41) is 8.14. The van der Waals surface area contributed by atoms with Gasteiger partial charge in [0.1, 0.15) is 12.2 Å². The lowest BCUT2D eigenvalue weighted by Crippen LogP contribution is -2.68. The van der Waals surface area contributed by atoms with Crippen LogP contribution in [0.5, 0.6) is 0 Å². The zero-order valence-corrected chi connectivity index (χ0v) is 14.3. The van der Waals surface area contributed by atoms with Crippen molar-refractivity contribution >= 4 is 0 Å². The second kappa shape index (κ2) is 6.44. The van der Waals surface area contributed by atoms with Crippen molar-refractivity contribution in [1.82, 2.24) is 25.0 Å². The van der Waals surface area contributed by atoms with E-state index < -0.39 is 0 Å². The van der Waals surface area contributed by atoms with Gasteiger partial charge in [0.05, 0.1) is 6.54 Å². The molecular weight excluding hydrogens is 262 g/mol. The molecule has 1 aromatic rings. The Labute approximate surface area is 129 Å². The van der Waals surface area contributed by atoms with Gasteiger partial charge in [-0.05, 0) is 33.1 Å². The van der Waals surface area contributed by atoms with Gasteiger partial charge in [-0.25, -0.2) is 9.67 Å². The summed E-state index contributed by atoms with van der Waals surface area (Å²) in [7, 11) is 0. The lowest BCUT2D eigenvalue weighted by molar-refractivity contribution is 0.000162. The zero-order chi connectivity index (χ0) is 15.5. The van der Waals surface area contributed by atoms with E-state index in [9.17, 15) is 0 Å². The van der Waals surface area contributed by atoms with Gasteiger partial charge in [-0.15, -0.1) is 0 Å². The average Bonchev–Trinajstić information content (AvgIpc) is 2.97. The van der Waals surface area contributed by atoms with Crippen LogP contribution in [0.1, 0.15) is 59.7 Å². The third kappa shape index (κ3) is 3.14. The van der Waals surface area contributed by atoms with E-state index in [2.05, 4.69) is 54.9 Å². The van der Waals surface area contributed by atoms with Crippen molar-refractivity contribution in [2.24, 2.45) is 0 Å². The molecule has 0 aromatic carbocycles. The van der Waals surface area contributed by atoms with Crippen molar-refractivity contribution < 1.29 is 0 Å². The van der Waals surface area contributed by atoms with Gasteiger partial charge >= 0.3 is 0 Å². The van der Waals surface area contributed by atoms with Gasteiger partial charge in [-0.3, -0.25) is 4.90 Å². The molecule has 2 rings (SSSR count). The monoisotopic (exact) mass is 293 g/mol. The van der Waals surface area contributed by atoms with Crippen LogP contribution in [0.4, 0.5) is 0 Å². The highest BCUT2D eigenvalue weighted by molar-refractivity contribution is 5.03. The minimum Gasteiger partial charge on any atom is -0.308 e. The second-order valence-electron chi connectivity index (χ2n) is 6.54. The topological polar surface area (TPSA) is 46.0 Å². The third-order valence-electron chi connectivity index (χ3n) is 5.54. The van der Waals surface area contributed by atoms with Crippen LogP contribution in [0.2, 0.25) is 0 Å². The molecule has 1 atom stereocenters. The molecule has 1 aliphatic rings. The highest BCUT2D eigenvalue weighted by Crippen LogP contribution is 2.31. The molecule has 0 amide bonds. The van der Waals surface area contributed by atoms with Crippen LogP contribution < -0.4 is 5.32 Å². The molecule has 0 aliphatic carbocycles. The molecule has 0 saturated carbocycles. The summed E-state index contributed by atoms with van der Waals surface area (Å²) in [6, 6.07) is 0. The van der Waals surface area contributed by atoms with Crippen LogP contribution in [0.15, 0.2) is 6.33 Å². The van der Waals surface area contributed by atoms with E-state index in [1.54, 1.807) is 6.33 Å². The Morgan fingerprint density at radius 1 is 1.19 bits per heavy atom. The van der Waals surface area contributed by atoms with Crippen LogP contribution in [-0.4, -0.2) is 43.8 Å². The third-order valence-corrected chi connectivity index (χ3v) is 5.54. The molecule has 5 nitrogen and oxygen atoms in total. The smallest absolute Gasteiger partial charge is 0.141 e. The quantitative estimate of drug-likeness (QED) is 0.875. The first kappa shape index (κ1) is 16.4. The first-order valence-corrected chi connectivity index (χ1v) is 8.39. The molecule has 1 aromatic heterocycles. The summed E-state index contributed by atoms with van der Waals surface area (Å²) >= 11 is 0. The van der Waals surface area contributed by atoms with Crippen molar-refractivity contribution in [2.75, 3.05) is 13.1 Å². The first-order valence-electron chi connectivity index (χ1n) is 8.39. The number of aromatic nitrogens is 3. The normalized spacial score (nSPS) is 26.1. The van der Waals surface area contributed by atoms with Gasteiger partial charge in [0.15, 0.2) is 0 Å². The van der Waals surface area contributed by atoms with Gasteiger partial charge in [-0.1, -0.05) is 20.8 Å². The zero-order valence-electron chi connectivity index (χ0n) is 14.3. The highest BCUT2D eigenvalue weighted by atomic mass is 15.4. The van der Waals surface area contributed by atoms with Crippen LogP contribution in [0, 0.1) is 0 Å². The summed E-state index contributed by atoms with van der Waals surface area (Å²) in [5.41, 5.74) is 0.435. The summed E-state index contributed by atoms with van der Waals surface area (Å²) in [6.07, 6.45) is 5.15. The van der Waals surface area contributed by atoms with Gasteiger partial charge in [0, 0.05) is 30.7 Å². The minimum absolute atomic E-state index is 0.193. The van der Waals surface area contributed by atoms with Crippen LogP contribution in [0.3, 0.4) is 0 Å². The summed E-state index contributed by atoms with van der Waals surface area (Å²) in [5.74, 6) is 1.08. The van der Waals surface area contributed by atoms with Gasteiger partial charge in [-0.2, -0.15) is 5.10 Å². The Balaban J connectivity index is 2.22. The van der Waals surface area contributed by atoms with Crippen molar-refractivity contribution in [2.45, 2.75) is 78.0 Å². The molecule has 0 radical (unpaired) electrons. The molecular formula is C16H31N5. The average molecular weight is 293 g/mol. The molecule has 1 N–H and O–H groups in total. The summed E-state index contributed by atoms with van der Waals surface area (Å²) < 4.78 is 2.01. The lowest BCUT2D eigenvalue weighted by atomic mass is 9.83. The number of piperazine rings is 1. The Hall–Kier alpha value is -0.940. The van der Waals surface area contributed by atoms with Crippen LogP contribution in [-0.2, 0) is 13.1 Å². The molecule has 120 valence electrons. The molecule has 0 spiro atoms. The maximum absolute atomic E-state index is 4.47.